The fourth-order valence-electron chi connectivity index (χ4n) is 2.79. The Morgan fingerprint density at radius 1 is 1.22 bits per heavy atom. The van der Waals surface area contributed by atoms with Crippen molar-refractivity contribution in [1.82, 2.24) is 9.97 Å². The number of anilines is 2. The van der Waals surface area contributed by atoms with E-state index in [1.165, 1.54) is 11.1 Å². The van der Waals surface area contributed by atoms with E-state index in [-0.39, 0.29) is 0 Å². The molecule has 0 amide bonds. The van der Waals surface area contributed by atoms with Crippen LogP contribution in [-0.2, 0) is 0 Å². The summed E-state index contributed by atoms with van der Waals surface area (Å²) in [6, 6.07) is 10.4. The molecule has 5 heteroatoms. The molecule has 120 valence electrons. The molecule has 0 radical (unpaired) electrons. The van der Waals surface area contributed by atoms with E-state index < -0.39 is 0 Å². The number of benzene rings is 1. The zero-order valence-corrected chi connectivity index (χ0v) is 15.0. The topological polar surface area (TPSA) is 55.0 Å². The first kappa shape index (κ1) is 16.0. The van der Waals surface area contributed by atoms with Crippen molar-refractivity contribution in [3.8, 4) is 0 Å². The third kappa shape index (κ3) is 3.55. The first-order chi connectivity index (χ1) is 11.0. The van der Waals surface area contributed by atoms with Crippen LogP contribution in [0.25, 0.3) is 5.57 Å². The van der Waals surface area contributed by atoms with E-state index in [0.717, 1.165) is 35.5 Å². The maximum absolute atomic E-state index is 5.90. The van der Waals surface area contributed by atoms with Crippen LogP contribution in [0.15, 0.2) is 40.9 Å². The van der Waals surface area contributed by atoms with Gasteiger partial charge in [0.15, 0.2) is 0 Å². The van der Waals surface area contributed by atoms with Crippen molar-refractivity contribution in [3.63, 3.8) is 0 Å². The number of nitrogens with two attached hydrogens (primary N) is 1. The smallest absolute Gasteiger partial charge is 0.222 e. The van der Waals surface area contributed by atoms with Gasteiger partial charge in [-0.3, -0.25) is 0 Å². The van der Waals surface area contributed by atoms with Gasteiger partial charge < -0.3 is 10.6 Å². The van der Waals surface area contributed by atoms with E-state index in [0.29, 0.717) is 11.9 Å². The van der Waals surface area contributed by atoms with E-state index in [2.05, 4.69) is 75.0 Å². The minimum absolute atomic E-state index is 0.335. The average Bonchev–Trinajstić information content (AvgIpc) is 2.55. The fraction of sp³-hybridized carbons (Fsp3) is 0.333. The molecule has 23 heavy (non-hydrogen) atoms. The Bertz CT molecular complexity index is 740. The standard InChI is InChI=1S/C18H21BrN4/c1-12(2)16-10-17(22-18(20)21-16)23-9-5-6-13(11-23)14-7-3-4-8-15(14)19/h3-4,6-8,10,12H,5,9,11H2,1-2H3,(H2,20,21,22). The highest BCUT2D eigenvalue weighted by Gasteiger charge is 2.18. The van der Waals surface area contributed by atoms with Crippen LogP contribution in [0.1, 0.15) is 37.4 Å². The molecule has 0 fully saturated rings. The predicted octanol–water partition coefficient (Wildman–Crippen LogP) is 4.24. The second-order valence-corrected chi connectivity index (χ2v) is 6.94. The van der Waals surface area contributed by atoms with Gasteiger partial charge in [-0.25, -0.2) is 4.98 Å². The molecule has 1 aliphatic heterocycles. The van der Waals surface area contributed by atoms with Crippen LogP contribution in [-0.4, -0.2) is 23.1 Å². The first-order valence-corrected chi connectivity index (χ1v) is 8.67. The maximum Gasteiger partial charge on any atom is 0.222 e. The van der Waals surface area contributed by atoms with Crippen molar-refractivity contribution in [2.45, 2.75) is 26.2 Å². The molecule has 0 saturated heterocycles. The number of nitrogens with zero attached hydrogens (tertiary/aromatic N) is 3. The molecular formula is C18H21BrN4. The summed E-state index contributed by atoms with van der Waals surface area (Å²) in [6.07, 6.45) is 3.31. The molecule has 0 aliphatic carbocycles. The predicted molar refractivity (Wildman–Crippen MR) is 99.5 cm³/mol. The van der Waals surface area contributed by atoms with Gasteiger partial charge in [0.25, 0.3) is 0 Å². The van der Waals surface area contributed by atoms with Crippen LogP contribution in [0, 0.1) is 0 Å². The van der Waals surface area contributed by atoms with Crippen LogP contribution >= 0.6 is 15.9 Å². The summed E-state index contributed by atoms with van der Waals surface area (Å²) < 4.78 is 1.12. The summed E-state index contributed by atoms with van der Waals surface area (Å²) in [6.45, 7) is 6.01. The number of rotatable bonds is 3. The second-order valence-electron chi connectivity index (χ2n) is 6.08. The van der Waals surface area contributed by atoms with Gasteiger partial charge in [0.1, 0.15) is 5.82 Å². The Morgan fingerprint density at radius 2 is 2.00 bits per heavy atom. The Balaban J connectivity index is 1.89. The van der Waals surface area contributed by atoms with Gasteiger partial charge >= 0.3 is 0 Å². The summed E-state index contributed by atoms with van der Waals surface area (Å²) in [5, 5.41) is 0. The highest BCUT2D eigenvalue weighted by Crippen LogP contribution is 2.30. The molecule has 1 aliphatic rings. The zero-order valence-electron chi connectivity index (χ0n) is 13.5. The van der Waals surface area contributed by atoms with Crippen LogP contribution in [0.4, 0.5) is 11.8 Å². The molecule has 1 aromatic carbocycles. The van der Waals surface area contributed by atoms with Gasteiger partial charge in [-0.15, -0.1) is 0 Å². The van der Waals surface area contributed by atoms with Gasteiger partial charge in [0, 0.05) is 23.6 Å². The van der Waals surface area contributed by atoms with Crippen molar-refractivity contribution in [1.29, 1.82) is 0 Å². The Labute approximate surface area is 145 Å². The van der Waals surface area contributed by atoms with Gasteiger partial charge in [-0.2, -0.15) is 4.98 Å². The molecular weight excluding hydrogens is 352 g/mol. The van der Waals surface area contributed by atoms with Gasteiger partial charge in [-0.1, -0.05) is 54.1 Å². The van der Waals surface area contributed by atoms with Crippen molar-refractivity contribution in [2.75, 3.05) is 23.7 Å². The largest absolute Gasteiger partial charge is 0.368 e. The lowest BCUT2D eigenvalue weighted by Crippen LogP contribution is -2.30. The van der Waals surface area contributed by atoms with E-state index in [4.69, 9.17) is 5.73 Å². The molecule has 4 nitrogen and oxygen atoms in total. The third-order valence-corrected chi connectivity index (χ3v) is 4.73. The fourth-order valence-corrected chi connectivity index (χ4v) is 3.32. The monoisotopic (exact) mass is 372 g/mol. The van der Waals surface area contributed by atoms with Crippen LogP contribution in [0.3, 0.4) is 0 Å². The quantitative estimate of drug-likeness (QED) is 0.875. The SMILES string of the molecule is CC(C)c1cc(N2CCC=C(c3ccccc3Br)C2)nc(N)n1. The molecule has 3 rings (SSSR count). The molecule has 0 atom stereocenters. The number of hydrogen-bond acceptors (Lipinski definition) is 4. The highest BCUT2D eigenvalue weighted by molar-refractivity contribution is 9.10. The normalized spacial score (nSPS) is 15.0. The number of aromatic nitrogens is 2. The van der Waals surface area contributed by atoms with Gasteiger partial charge in [0.2, 0.25) is 5.95 Å². The molecule has 2 aromatic rings. The number of hydrogen-bond donors (Lipinski definition) is 1. The van der Waals surface area contributed by atoms with Crippen molar-refractivity contribution < 1.29 is 0 Å². The lowest BCUT2D eigenvalue weighted by molar-refractivity contribution is 0.786. The number of halogens is 1. The van der Waals surface area contributed by atoms with E-state index in [1.807, 2.05) is 6.07 Å². The molecule has 2 N–H and O–H groups in total. The molecule has 0 saturated carbocycles. The summed E-state index contributed by atoms with van der Waals surface area (Å²) in [5.74, 6) is 1.60. The molecule has 0 bridgehead atoms. The average molecular weight is 373 g/mol. The zero-order chi connectivity index (χ0) is 16.4. The van der Waals surface area contributed by atoms with Crippen molar-refractivity contribution in [3.05, 3.63) is 52.1 Å². The van der Waals surface area contributed by atoms with Crippen LogP contribution in [0.5, 0.6) is 0 Å². The molecule has 0 unspecified atom stereocenters. The summed E-state index contributed by atoms with van der Waals surface area (Å²) in [4.78, 5) is 11.1. The lowest BCUT2D eigenvalue weighted by atomic mass is 10.0. The minimum Gasteiger partial charge on any atom is -0.368 e. The number of nitrogen functional groups attached to an aromatic ring is 1. The van der Waals surface area contributed by atoms with Crippen molar-refractivity contribution in [2.24, 2.45) is 0 Å². The Morgan fingerprint density at radius 3 is 2.74 bits per heavy atom. The first-order valence-electron chi connectivity index (χ1n) is 7.88. The van der Waals surface area contributed by atoms with Gasteiger partial charge in [0.05, 0.1) is 5.69 Å². The van der Waals surface area contributed by atoms with Crippen LogP contribution < -0.4 is 10.6 Å². The lowest BCUT2D eigenvalue weighted by Gasteiger charge is -2.29. The third-order valence-electron chi connectivity index (χ3n) is 4.04. The summed E-state index contributed by atoms with van der Waals surface area (Å²) in [5.41, 5.74) is 9.44. The van der Waals surface area contributed by atoms with E-state index in [9.17, 15) is 0 Å². The van der Waals surface area contributed by atoms with E-state index in [1.54, 1.807) is 0 Å². The Kier molecular flexibility index (Phi) is 4.66. The maximum atomic E-state index is 5.90. The summed E-state index contributed by atoms with van der Waals surface area (Å²) >= 11 is 3.65. The minimum atomic E-state index is 0.335. The van der Waals surface area contributed by atoms with Crippen LogP contribution in [0.2, 0.25) is 0 Å². The molecule has 0 spiro atoms. The van der Waals surface area contributed by atoms with E-state index >= 15 is 0 Å². The summed E-state index contributed by atoms with van der Waals surface area (Å²) in [7, 11) is 0. The van der Waals surface area contributed by atoms with Crippen molar-refractivity contribution >= 4 is 33.3 Å². The second kappa shape index (κ2) is 6.71. The molecule has 2 heterocycles. The molecule has 1 aromatic heterocycles. The highest BCUT2D eigenvalue weighted by atomic mass is 79.9. The Hall–Kier alpha value is -1.88. The van der Waals surface area contributed by atoms with Gasteiger partial charge in [-0.05, 0) is 29.5 Å².